The Bertz CT molecular complexity index is 842. The minimum absolute atomic E-state index is 0.368. The maximum Gasteiger partial charge on any atom is 0.336 e. The van der Waals surface area contributed by atoms with Gasteiger partial charge in [-0.2, -0.15) is 0 Å². The summed E-state index contributed by atoms with van der Waals surface area (Å²) in [5.74, 6) is 1.03. The van der Waals surface area contributed by atoms with Crippen LogP contribution in [0.25, 0.3) is 11.0 Å². The number of aryl methyl sites for hydroxylation is 1. The summed E-state index contributed by atoms with van der Waals surface area (Å²) in [6, 6.07) is 12.2. The monoisotopic (exact) mass is 331 g/mol. The molecule has 0 radical (unpaired) electrons. The van der Waals surface area contributed by atoms with E-state index in [1.165, 1.54) is 6.07 Å². The topological polar surface area (TPSA) is 52.3 Å². The smallest absolute Gasteiger partial charge is 0.336 e. The number of hydrogen-bond donors (Lipinski definition) is 0. The molecule has 3 rings (SSSR count). The highest BCUT2D eigenvalue weighted by atomic mass is 79.9. The van der Waals surface area contributed by atoms with E-state index in [0.29, 0.717) is 21.8 Å². The molecule has 3 aromatic rings. The van der Waals surface area contributed by atoms with Crippen LogP contribution in [0.2, 0.25) is 0 Å². The number of aromatic nitrogens is 1. The number of ether oxygens (including phenoxy) is 1. The number of benzene rings is 1. The van der Waals surface area contributed by atoms with Gasteiger partial charge in [0.1, 0.15) is 15.9 Å². The van der Waals surface area contributed by atoms with Gasteiger partial charge in [0, 0.05) is 23.6 Å². The first-order valence-corrected chi connectivity index (χ1v) is 6.76. The summed E-state index contributed by atoms with van der Waals surface area (Å²) in [6.45, 7) is 1.87. The Hall–Kier alpha value is -2.14. The first-order valence-electron chi connectivity index (χ1n) is 5.97. The second-order valence-corrected chi connectivity index (χ2v) is 5.12. The molecule has 0 aliphatic rings. The Labute approximate surface area is 123 Å². The molecule has 20 heavy (non-hydrogen) atoms. The van der Waals surface area contributed by atoms with Crippen molar-refractivity contribution in [2.75, 3.05) is 0 Å². The summed E-state index contributed by atoms with van der Waals surface area (Å²) in [6.07, 6.45) is 0. The quantitative estimate of drug-likeness (QED) is 0.525. The van der Waals surface area contributed by atoms with Gasteiger partial charge in [-0.15, -0.1) is 0 Å². The zero-order valence-electron chi connectivity index (χ0n) is 10.6. The number of halogens is 1. The van der Waals surface area contributed by atoms with Crippen molar-refractivity contribution in [2.45, 2.75) is 6.92 Å². The molecular formula is C15H10BrNO3. The molecule has 0 bridgehead atoms. The summed E-state index contributed by atoms with van der Waals surface area (Å²) in [7, 11) is 0. The van der Waals surface area contributed by atoms with Crippen LogP contribution in [0, 0.1) is 6.92 Å². The van der Waals surface area contributed by atoms with Crippen molar-refractivity contribution in [1.82, 2.24) is 4.98 Å². The lowest BCUT2D eigenvalue weighted by Crippen LogP contribution is -1.98. The highest BCUT2D eigenvalue weighted by molar-refractivity contribution is 9.10. The molecule has 0 spiro atoms. The molecule has 0 saturated heterocycles. The lowest BCUT2D eigenvalue weighted by atomic mass is 10.1. The molecule has 4 nitrogen and oxygen atoms in total. The molecule has 1 aromatic carbocycles. The molecular weight excluding hydrogens is 322 g/mol. The van der Waals surface area contributed by atoms with Crippen molar-refractivity contribution in [3.05, 3.63) is 63.1 Å². The van der Waals surface area contributed by atoms with E-state index < -0.39 is 0 Å². The summed E-state index contributed by atoms with van der Waals surface area (Å²) in [5.41, 5.74) is 1.01. The molecule has 0 unspecified atom stereocenters. The third-order valence-corrected chi connectivity index (χ3v) is 3.28. The van der Waals surface area contributed by atoms with Crippen molar-refractivity contribution in [1.29, 1.82) is 0 Å². The van der Waals surface area contributed by atoms with E-state index in [9.17, 15) is 4.79 Å². The molecule has 2 aromatic heterocycles. The van der Waals surface area contributed by atoms with E-state index >= 15 is 0 Å². The zero-order chi connectivity index (χ0) is 14.1. The van der Waals surface area contributed by atoms with Crippen molar-refractivity contribution in [3.63, 3.8) is 0 Å². The van der Waals surface area contributed by atoms with Crippen molar-refractivity contribution < 1.29 is 9.15 Å². The molecule has 0 atom stereocenters. The fraction of sp³-hybridized carbons (Fsp3) is 0.0667. The van der Waals surface area contributed by atoms with Gasteiger partial charge in [0.25, 0.3) is 0 Å². The number of rotatable bonds is 2. The van der Waals surface area contributed by atoms with Crippen LogP contribution in [0.1, 0.15) is 5.56 Å². The standard InChI is InChI=1S/C15H10BrNO3/c1-9-7-15(18)20-12-8-10(5-6-11(9)12)19-14-4-2-3-13(16)17-14/h2-8H,1H3. The van der Waals surface area contributed by atoms with E-state index in [-0.39, 0.29) is 5.63 Å². The highest BCUT2D eigenvalue weighted by Gasteiger charge is 2.05. The van der Waals surface area contributed by atoms with Crippen molar-refractivity contribution in [3.8, 4) is 11.6 Å². The number of nitrogens with zero attached hydrogens (tertiary/aromatic N) is 1. The second-order valence-electron chi connectivity index (χ2n) is 4.31. The van der Waals surface area contributed by atoms with E-state index in [1.807, 2.05) is 31.2 Å². The summed E-state index contributed by atoms with van der Waals surface area (Å²) < 4.78 is 11.5. The van der Waals surface area contributed by atoms with E-state index in [0.717, 1.165) is 10.9 Å². The Morgan fingerprint density at radius 2 is 2.05 bits per heavy atom. The van der Waals surface area contributed by atoms with Crippen molar-refractivity contribution >= 4 is 26.9 Å². The highest BCUT2D eigenvalue weighted by Crippen LogP contribution is 2.26. The fourth-order valence-corrected chi connectivity index (χ4v) is 2.26. The molecule has 100 valence electrons. The van der Waals surface area contributed by atoms with Crippen LogP contribution >= 0.6 is 15.9 Å². The molecule has 0 aliphatic carbocycles. The molecule has 0 amide bonds. The number of fused-ring (bicyclic) bond motifs is 1. The van der Waals surface area contributed by atoms with Gasteiger partial charge in [-0.1, -0.05) is 6.07 Å². The molecule has 0 fully saturated rings. The number of pyridine rings is 1. The number of hydrogen-bond acceptors (Lipinski definition) is 4. The summed E-state index contributed by atoms with van der Waals surface area (Å²) in [5, 5.41) is 0.888. The molecule has 0 saturated carbocycles. The van der Waals surface area contributed by atoms with E-state index in [4.69, 9.17) is 9.15 Å². The third-order valence-electron chi connectivity index (χ3n) is 2.83. The normalized spacial score (nSPS) is 10.7. The van der Waals surface area contributed by atoms with Gasteiger partial charge < -0.3 is 9.15 Å². The summed E-state index contributed by atoms with van der Waals surface area (Å²) in [4.78, 5) is 15.6. The zero-order valence-corrected chi connectivity index (χ0v) is 12.2. The van der Waals surface area contributed by atoms with Crippen LogP contribution in [0.5, 0.6) is 11.6 Å². The molecule has 0 N–H and O–H groups in total. The average Bonchev–Trinajstić information content (AvgIpc) is 2.38. The summed E-state index contributed by atoms with van der Waals surface area (Å²) >= 11 is 3.28. The van der Waals surface area contributed by atoms with Crippen LogP contribution in [0.3, 0.4) is 0 Å². The maximum absolute atomic E-state index is 11.4. The second kappa shape index (κ2) is 5.09. The van der Waals surface area contributed by atoms with Gasteiger partial charge in [-0.25, -0.2) is 9.78 Å². The Kier molecular flexibility index (Phi) is 3.28. The van der Waals surface area contributed by atoms with Crippen LogP contribution in [0.15, 0.2) is 56.3 Å². The minimum Gasteiger partial charge on any atom is -0.439 e. The van der Waals surface area contributed by atoms with Gasteiger partial charge >= 0.3 is 5.63 Å². The van der Waals surface area contributed by atoms with Crippen molar-refractivity contribution in [2.24, 2.45) is 0 Å². The van der Waals surface area contributed by atoms with Gasteiger partial charge in [-0.3, -0.25) is 0 Å². The Balaban J connectivity index is 2.03. The van der Waals surface area contributed by atoms with Gasteiger partial charge in [0.05, 0.1) is 0 Å². The lowest BCUT2D eigenvalue weighted by Gasteiger charge is -2.06. The van der Waals surface area contributed by atoms with Gasteiger partial charge in [0.2, 0.25) is 5.88 Å². The molecule has 2 heterocycles. The van der Waals surface area contributed by atoms with Gasteiger partial charge in [0.15, 0.2) is 0 Å². The maximum atomic E-state index is 11.4. The Morgan fingerprint density at radius 3 is 2.85 bits per heavy atom. The molecule has 5 heteroatoms. The third kappa shape index (κ3) is 2.58. The molecule has 0 aliphatic heterocycles. The van der Waals surface area contributed by atoms with Crippen LogP contribution in [-0.4, -0.2) is 4.98 Å². The fourth-order valence-electron chi connectivity index (χ4n) is 1.94. The predicted octanol–water partition coefficient (Wildman–Crippen LogP) is 4.05. The van der Waals surface area contributed by atoms with Gasteiger partial charge in [-0.05, 0) is 46.6 Å². The van der Waals surface area contributed by atoms with Crippen LogP contribution in [-0.2, 0) is 0 Å². The van der Waals surface area contributed by atoms with E-state index in [1.54, 1.807) is 12.1 Å². The first kappa shape index (κ1) is 12.9. The van der Waals surface area contributed by atoms with Crippen LogP contribution < -0.4 is 10.4 Å². The van der Waals surface area contributed by atoms with Crippen LogP contribution in [0.4, 0.5) is 0 Å². The van der Waals surface area contributed by atoms with E-state index in [2.05, 4.69) is 20.9 Å². The minimum atomic E-state index is -0.368. The predicted molar refractivity (Wildman–Crippen MR) is 79.2 cm³/mol. The largest absolute Gasteiger partial charge is 0.439 e. The first-order chi connectivity index (χ1) is 9.61. The average molecular weight is 332 g/mol. The SMILES string of the molecule is Cc1cc(=O)oc2cc(Oc3cccc(Br)n3)ccc12. The lowest BCUT2D eigenvalue weighted by molar-refractivity contribution is 0.460. The Morgan fingerprint density at radius 1 is 1.20 bits per heavy atom.